The highest BCUT2D eigenvalue weighted by molar-refractivity contribution is 7.89. The van der Waals surface area contributed by atoms with E-state index in [1.54, 1.807) is 24.4 Å². The van der Waals surface area contributed by atoms with Gasteiger partial charge in [0, 0.05) is 38.1 Å². The number of likely N-dealkylation sites (N-methyl/N-ethyl adjacent to an activating group) is 1. The minimum absolute atomic E-state index is 0.0108. The van der Waals surface area contributed by atoms with Crippen LogP contribution in [-0.2, 0) is 10.0 Å². The molecule has 3 aromatic rings. The Morgan fingerprint density at radius 3 is 2.59 bits per heavy atom. The number of nitrogens with one attached hydrogen (secondary N) is 1. The smallest absolute Gasteiger partial charge is 0.265 e. The van der Waals surface area contributed by atoms with Crippen molar-refractivity contribution in [2.45, 2.75) is 30.8 Å². The lowest BCUT2D eigenvalue weighted by Crippen LogP contribution is -2.51. The summed E-state index contributed by atoms with van der Waals surface area (Å²) in [5.41, 5.74) is 1.48. The van der Waals surface area contributed by atoms with E-state index in [1.165, 1.54) is 11.3 Å². The summed E-state index contributed by atoms with van der Waals surface area (Å²) in [7, 11) is -2.00. The third-order valence-corrected chi connectivity index (χ3v) is 9.82. The Kier molecular flexibility index (Phi) is 8.06. The number of carbonyl (C=O) groups is 1. The van der Waals surface area contributed by atoms with E-state index >= 15 is 0 Å². The summed E-state index contributed by atoms with van der Waals surface area (Å²) < 4.78 is 35.4. The Morgan fingerprint density at radius 1 is 1.15 bits per heavy atom. The molecular formula is C28H34N4O5S2. The number of aromatic nitrogens is 1. The summed E-state index contributed by atoms with van der Waals surface area (Å²) in [6.07, 6.45) is 2.15. The number of β-amino-alcohol motifs (C(OH)–C–C–N with tert-alkyl or cyclic N) is 1. The first-order chi connectivity index (χ1) is 18.6. The molecule has 39 heavy (non-hydrogen) atoms. The average molecular weight is 571 g/mol. The number of aliphatic hydroxyl groups is 1. The second-order valence-electron chi connectivity index (χ2n) is 10.6. The number of aryl methyl sites for hydroxylation is 1. The molecule has 1 aromatic heterocycles. The van der Waals surface area contributed by atoms with Crippen LogP contribution in [-0.4, -0.2) is 86.7 Å². The summed E-state index contributed by atoms with van der Waals surface area (Å²) in [6, 6.07) is 14.8. The van der Waals surface area contributed by atoms with Gasteiger partial charge in [0.15, 0.2) is 0 Å². The Hall–Kier alpha value is -2.83. The van der Waals surface area contributed by atoms with Gasteiger partial charge in [-0.3, -0.25) is 4.79 Å². The van der Waals surface area contributed by atoms with Crippen molar-refractivity contribution in [3.8, 4) is 16.9 Å². The van der Waals surface area contributed by atoms with Crippen molar-refractivity contribution >= 4 is 27.3 Å². The van der Waals surface area contributed by atoms with Crippen LogP contribution in [0.15, 0.2) is 59.6 Å². The molecular weight excluding hydrogens is 536 g/mol. The van der Waals surface area contributed by atoms with Gasteiger partial charge in [0.2, 0.25) is 10.0 Å². The van der Waals surface area contributed by atoms with Crippen molar-refractivity contribution in [3.05, 3.63) is 64.6 Å². The topological polar surface area (TPSA) is 112 Å². The van der Waals surface area contributed by atoms with E-state index in [0.29, 0.717) is 43.9 Å². The summed E-state index contributed by atoms with van der Waals surface area (Å²) in [5, 5.41) is 11.5. The average Bonchev–Trinajstić information content (AvgIpc) is 3.37. The summed E-state index contributed by atoms with van der Waals surface area (Å²) in [4.78, 5) is 21.8. The van der Waals surface area contributed by atoms with E-state index < -0.39 is 16.1 Å². The maximum atomic E-state index is 13.2. The number of ether oxygens (including phenoxy) is 1. The minimum Gasteiger partial charge on any atom is -0.492 e. The molecule has 0 aliphatic carbocycles. The third kappa shape index (κ3) is 6.33. The Morgan fingerprint density at radius 2 is 1.90 bits per heavy atom. The van der Waals surface area contributed by atoms with Gasteiger partial charge < -0.3 is 19.6 Å². The van der Waals surface area contributed by atoms with Crippen LogP contribution in [0.3, 0.4) is 0 Å². The number of sulfonamides is 1. The SMILES string of the molecule is Cc1ncc(C(=O)N2CCC3(CC2)COc2cc(-c4ccccc4)ccc2S(=O)(=O)NCC(O)CN(C)C3)s1. The Bertz CT molecular complexity index is 1420. The highest BCUT2D eigenvalue weighted by Gasteiger charge is 2.39. The van der Waals surface area contributed by atoms with E-state index in [9.17, 15) is 18.3 Å². The van der Waals surface area contributed by atoms with Gasteiger partial charge in [-0.1, -0.05) is 36.4 Å². The molecule has 0 bridgehead atoms. The van der Waals surface area contributed by atoms with Crippen LogP contribution >= 0.6 is 11.3 Å². The van der Waals surface area contributed by atoms with E-state index in [1.807, 2.05) is 54.1 Å². The maximum Gasteiger partial charge on any atom is 0.265 e. The number of hydrogen-bond acceptors (Lipinski definition) is 8. The molecule has 2 N–H and O–H groups in total. The van der Waals surface area contributed by atoms with Crippen molar-refractivity contribution < 1.29 is 23.1 Å². The predicted molar refractivity (Wildman–Crippen MR) is 150 cm³/mol. The van der Waals surface area contributed by atoms with Crippen LogP contribution in [0.1, 0.15) is 27.5 Å². The molecule has 1 atom stereocenters. The van der Waals surface area contributed by atoms with Gasteiger partial charge in [0.05, 0.1) is 23.9 Å². The van der Waals surface area contributed by atoms with Crippen LogP contribution < -0.4 is 9.46 Å². The highest BCUT2D eigenvalue weighted by atomic mass is 32.2. The van der Waals surface area contributed by atoms with Gasteiger partial charge >= 0.3 is 0 Å². The second kappa shape index (κ2) is 11.3. The number of hydrogen-bond donors (Lipinski definition) is 2. The fraction of sp³-hybridized carbons (Fsp3) is 0.429. The molecule has 1 unspecified atom stereocenters. The Balaban J connectivity index is 1.44. The molecule has 3 heterocycles. The van der Waals surface area contributed by atoms with E-state index in [2.05, 4.69) is 9.71 Å². The monoisotopic (exact) mass is 570 g/mol. The standard InChI is InChI=1S/C28H34N4O5S2/c1-20-29-16-25(38-20)27(34)32-12-10-28(11-13-32)18-31(2)17-23(33)15-30-39(35,36)26-9-8-22(14-24(26)37-19-28)21-6-4-3-5-7-21/h3-9,14,16,23,30,33H,10-13,15,17-19H2,1-2H3. The van der Waals surface area contributed by atoms with Gasteiger partial charge in [0.25, 0.3) is 5.91 Å². The van der Waals surface area contributed by atoms with Gasteiger partial charge in [-0.05, 0) is 50.1 Å². The molecule has 9 nitrogen and oxygen atoms in total. The molecule has 2 aliphatic heterocycles. The van der Waals surface area contributed by atoms with Gasteiger partial charge in [-0.25, -0.2) is 18.1 Å². The number of fused-ring (bicyclic) bond motifs is 1. The molecule has 0 radical (unpaired) electrons. The van der Waals surface area contributed by atoms with Crippen LogP contribution in [0.5, 0.6) is 5.75 Å². The van der Waals surface area contributed by atoms with Gasteiger partial charge in [-0.15, -0.1) is 11.3 Å². The minimum atomic E-state index is -3.92. The summed E-state index contributed by atoms with van der Waals surface area (Å²) in [6.45, 7) is 4.15. The normalized spacial score (nSPS) is 21.8. The number of carbonyl (C=O) groups excluding carboxylic acids is 1. The molecule has 5 rings (SSSR count). The summed E-state index contributed by atoms with van der Waals surface area (Å²) >= 11 is 1.40. The van der Waals surface area contributed by atoms with E-state index in [0.717, 1.165) is 16.1 Å². The first-order valence-corrected chi connectivity index (χ1v) is 15.3. The molecule has 0 saturated carbocycles. The number of piperidine rings is 1. The summed E-state index contributed by atoms with van der Waals surface area (Å²) in [5.74, 6) is 0.267. The van der Waals surface area contributed by atoms with Crippen molar-refractivity contribution in [1.29, 1.82) is 0 Å². The molecule has 1 amide bonds. The molecule has 2 aliphatic rings. The highest BCUT2D eigenvalue weighted by Crippen LogP contribution is 2.37. The number of likely N-dealkylation sites (tertiary alicyclic amines) is 1. The molecule has 1 saturated heterocycles. The Labute approximate surface area is 233 Å². The van der Waals surface area contributed by atoms with Crippen molar-refractivity contribution in [2.75, 3.05) is 46.4 Å². The largest absolute Gasteiger partial charge is 0.492 e. The van der Waals surface area contributed by atoms with Crippen LogP contribution in [0.4, 0.5) is 0 Å². The van der Waals surface area contributed by atoms with Crippen molar-refractivity contribution in [2.24, 2.45) is 5.41 Å². The third-order valence-electron chi connectivity index (χ3n) is 7.45. The van der Waals surface area contributed by atoms with E-state index in [-0.39, 0.29) is 35.1 Å². The lowest BCUT2D eigenvalue weighted by molar-refractivity contribution is 0.0161. The number of benzene rings is 2. The fourth-order valence-electron chi connectivity index (χ4n) is 5.38. The lowest BCUT2D eigenvalue weighted by atomic mass is 9.78. The quantitative estimate of drug-likeness (QED) is 0.487. The zero-order chi connectivity index (χ0) is 27.6. The number of aliphatic hydroxyl groups excluding tert-OH is 1. The number of nitrogens with zero attached hydrogens (tertiary/aromatic N) is 3. The van der Waals surface area contributed by atoms with E-state index in [4.69, 9.17) is 4.74 Å². The first-order valence-electron chi connectivity index (χ1n) is 13.0. The first kappa shape index (κ1) is 27.7. The van der Waals surface area contributed by atoms with Gasteiger partial charge in [-0.2, -0.15) is 0 Å². The predicted octanol–water partition coefficient (Wildman–Crippen LogP) is 3.00. The maximum absolute atomic E-state index is 13.2. The molecule has 11 heteroatoms. The van der Waals surface area contributed by atoms with Gasteiger partial charge in [0.1, 0.15) is 15.5 Å². The van der Waals surface area contributed by atoms with Crippen molar-refractivity contribution in [3.63, 3.8) is 0 Å². The van der Waals surface area contributed by atoms with Crippen molar-refractivity contribution in [1.82, 2.24) is 19.5 Å². The number of amides is 1. The molecule has 2 aromatic carbocycles. The van der Waals surface area contributed by atoms with Crippen LogP contribution in [0.2, 0.25) is 0 Å². The number of rotatable bonds is 2. The molecule has 1 spiro atoms. The molecule has 1 fully saturated rings. The van der Waals surface area contributed by atoms with Crippen LogP contribution in [0, 0.1) is 12.3 Å². The lowest BCUT2D eigenvalue weighted by Gasteiger charge is -2.44. The zero-order valence-corrected chi connectivity index (χ0v) is 23.8. The number of thiazole rings is 1. The van der Waals surface area contributed by atoms with Crippen LogP contribution in [0.25, 0.3) is 11.1 Å². The fourth-order valence-corrected chi connectivity index (χ4v) is 7.32. The second-order valence-corrected chi connectivity index (χ2v) is 13.5. The zero-order valence-electron chi connectivity index (χ0n) is 22.2. The molecule has 208 valence electrons.